The molecule has 0 radical (unpaired) electrons. The molecule has 0 spiro atoms. The first-order valence-electron chi connectivity index (χ1n) is 10.8. The van der Waals surface area contributed by atoms with Crippen LogP contribution in [0.3, 0.4) is 0 Å². The molecule has 1 aromatic heterocycles. The summed E-state index contributed by atoms with van der Waals surface area (Å²) in [7, 11) is 0. The molecule has 0 bridgehead atoms. The molecule has 1 aliphatic carbocycles. The fraction of sp³-hybridized carbons (Fsp3) is 0.458. The van der Waals surface area contributed by atoms with Crippen molar-refractivity contribution < 1.29 is 19.1 Å². The molecule has 164 valence electrons. The van der Waals surface area contributed by atoms with Gasteiger partial charge in [0.15, 0.2) is 6.61 Å². The standard InChI is InChI=1S/C24H28N2O4S/c1-16-13-20(17(2)26(16)18-9-10-18)21(27)14-30-24(29)19-7-3-4-8-22(19)31-15-23(28)25-11-5-6-12-25/h3-4,7-8,13,18H,5-6,9-12,14-15H2,1-2H3. The third-order valence-corrected chi connectivity index (χ3v) is 7.01. The number of amides is 1. The number of hydrogen-bond donors (Lipinski definition) is 0. The van der Waals surface area contributed by atoms with Crippen LogP contribution in [-0.4, -0.2) is 52.6 Å². The molecule has 1 aliphatic heterocycles. The van der Waals surface area contributed by atoms with E-state index < -0.39 is 5.97 Å². The number of likely N-dealkylation sites (tertiary alicyclic amines) is 1. The van der Waals surface area contributed by atoms with E-state index in [0.717, 1.165) is 50.2 Å². The van der Waals surface area contributed by atoms with Gasteiger partial charge in [0.05, 0.1) is 11.3 Å². The molecule has 1 saturated carbocycles. The maximum atomic E-state index is 12.7. The minimum absolute atomic E-state index is 0.0897. The summed E-state index contributed by atoms with van der Waals surface area (Å²) in [6, 6.07) is 9.46. The van der Waals surface area contributed by atoms with Crippen LogP contribution >= 0.6 is 11.8 Å². The van der Waals surface area contributed by atoms with Crippen molar-refractivity contribution >= 4 is 29.4 Å². The van der Waals surface area contributed by atoms with Crippen LogP contribution in [0.1, 0.15) is 63.8 Å². The van der Waals surface area contributed by atoms with Crippen molar-refractivity contribution in [2.45, 2.75) is 50.5 Å². The van der Waals surface area contributed by atoms with Gasteiger partial charge in [-0.05, 0) is 57.7 Å². The average molecular weight is 441 g/mol. The highest BCUT2D eigenvalue weighted by Gasteiger charge is 2.28. The molecule has 7 heteroatoms. The van der Waals surface area contributed by atoms with Crippen molar-refractivity contribution in [3.63, 3.8) is 0 Å². The van der Waals surface area contributed by atoms with Crippen LogP contribution in [0.4, 0.5) is 0 Å². The van der Waals surface area contributed by atoms with Crippen molar-refractivity contribution in [3.05, 3.63) is 52.8 Å². The van der Waals surface area contributed by atoms with E-state index in [1.54, 1.807) is 12.1 Å². The van der Waals surface area contributed by atoms with Crippen LogP contribution in [0.2, 0.25) is 0 Å². The Kier molecular flexibility index (Phi) is 6.51. The first-order valence-corrected chi connectivity index (χ1v) is 11.8. The number of nitrogens with zero attached hydrogens (tertiary/aromatic N) is 2. The Labute approximate surface area is 186 Å². The van der Waals surface area contributed by atoms with Gasteiger partial charge in [0.2, 0.25) is 11.7 Å². The summed E-state index contributed by atoms with van der Waals surface area (Å²) in [6.07, 6.45) is 4.40. The zero-order valence-corrected chi connectivity index (χ0v) is 18.9. The Morgan fingerprint density at radius 3 is 2.48 bits per heavy atom. The minimum Gasteiger partial charge on any atom is -0.454 e. The zero-order valence-electron chi connectivity index (χ0n) is 18.1. The van der Waals surface area contributed by atoms with E-state index in [0.29, 0.717) is 22.1 Å². The number of esters is 1. The third-order valence-electron chi connectivity index (χ3n) is 5.95. The Balaban J connectivity index is 1.37. The number of carbonyl (C=O) groups excluding carboxylic acids is 3. The van der Waals surface area contributed by atoms with Crippen molar-refractivity contribution in [2.75, 3.05) is 25.4 Å². The number of thioether (sulfide) groups is 1. The summed E-state index contributed by atoms with van der Waals surface area (Å²) in [5.41, 5.74) is 3.02. The smallest absolute Gasteiger partial charge is 0.339 e. The molecular weight excluding hydrogens is 412 g/mol. The molecule has 6 nitrogen and oxygen atoms in total. The van der Waals surface area contributed by atoms with Gasteiger partial charge in [-0.1, -0.05) is 12.1 Å². The van der Waals surface area contributed by atoms with E-state index in [2.05, 4.69) is 4.57 Å². The van der Waals surface area contributed by atoms with Gasteiger partial charge in [-0.15, -0.1) is 11.8 Å². The lowest BCUT2D eigenvalue weighted by Crippen LogP contribution is -2.29. The van der Waals surface area contributed by atoms with Crippen LogP contribution in [0.5, 0.6) is 0 Å². The Hall–Kier alpha value is -2.54. The van der Waals surface area contributed by atoms with Gasteiger partial charge in [0, 0.05) is 41.0 Å². The second kappa shape index (κ2) is 9.30. The van der Waals surface area contributed by atoms with Gasteiger partial charge >= 0.3 is 5.97 Å². The Morgan fingerprint density at radius 2 is 1.77 bits per heavy atom. The summed E-state index contributed by atoms with van der Waals surface area (Å²) >= 11 is 1.34. The molecule has 2 fully saturated rings. The van der Waals surface area contributed by atoms with Crippen LogP contribution < -0.4 is 0 Å². The van der Waals surface area contributed by atoms with Crippen LogP contribution in [0.15, 0.2) is 35.2 Å². The van der Waals surface area contributed by atoms with Gasteiger partial charge in [-0.2, -0.15) is 0 Å². The first-order chi connectivity index (χ1) is 15.0. The van der Waals surface area contributed by atoms with Crippen LogP contribution in [-0.2, 0) is 9.53 Å². The number of aromatic nitrogens is 1. The normalized spacial score (nSPS) is 15.9. The molecule has 0 atom stereocenters. The quantitative estimate of drug-likeness (QED) is 0.350. The van der Waals surface area contributed by atoms with Gasteiger partial charge in [0.25, 0.3) is 0 Å². The molecule has 0 unspecified atom stereocenters. The summed E-state index contributed by atoms with van der Waals surface area (Å²) in [6.45, 7) is 5.29. The van der Waals surface area contributed by atoms with Crippen molar-refractivity contribution in [1.82, 2.24) is 9.47 Å². The zero-order chi connectivity index (χ0) is 22.0. The molecule has 2 aliphatic rings. The highest BCUT2D eigenvalue weighted by Crippen LogP contribution is 2.38. The molecule has 1 amide bonds. The lowest BCUT2D eigenvalue weighted by Gasteiger charge is -2.15. The van der Waals surface area contributed by atoms with Gasteiger partial charge in [-0.25, -0.2) is 4.79 Å². The second-order valence-electron chi connectivity index (χ2n) is 8.26. The SMILES string of the molecule is Cc1cc(C(=O)COC(=O)c2ccccc2SCC(=O)N2CCCC2)c(C)n1C1CC1. The second-order valence-corrected chi connectivity index (χ2v) is 9.28. The number of benzene rings is 1. The number of aryl methyl sites for hydroxylation is 1. The summed E-state index contributed by atoms with van der Waals surface area (Å²) in [5.74, 6) is -0.355. The van der Waals surface area contributed by atoms with E-state index >= 15 is 0 Å². The van der Waals surface area contributed by atoms with E-state index in [1.807, 2.05) is 36.9 Å². The number of rotatable bonds is 8. The predicted octanol–water partition coefficient (Wildman–Crippen LogP) is 4.19. The lowest BCUT2D eigenvalue weighted by molar-refractivity contribution is -0.127. The molecule has 1 saturated heterocycles. The molecule has 0 N–H and O–H groups in total. The van der Waals surface area contributed by atoms with Crippen molar-refractivity contribution in [1.29, 1.82) is 0 Å². The van der Waals surface area contributed by atoms with E-state index in [4.69, 9.17) is 4.74 Å². The first kappa shape index (κ1) is 21.7. The van der Waals surface area contributed by atoms with Gasteiger partial charge < -0.3 is 14.2 Å². The number of Topliss-reactive ketones (excluding diaryl/α,β-unsaturated/α-hetero) is 1. The number of hydrogen-bond acceptors (Lipinski definition) is 5. The average Bonchev–Trinajstić information content (AvgIpc) is 3.34. The Morgan fingerprint density at radius 1 is 1.06 bits per heavy atom. The Bertz CT molecular complexity index is 1000. The van der Waals surface area contributed by atoms with Crippen LogP contribution in [0.25, 0.3) is 0 Å². The summed E-state index contributed by atoms with van der Waals surface area (Å²) in [4.78, 5) is 40.3. The van der Waals surface area contributed by atoms with Crippen LogP contribution in [0, 0.1) is 13.8 Å². The highest BCUT2D eigenvalue weighted by atomic mass is 32.2. The fourth-order valence-corrected chi connectivity index (χ4v) is 5.14. The lowest BCUT2D eigenvalue weighted by atomic mass is 10.1. The predicted molar refractivity (Wildman–Crippen MR) is 120 cm³/mol. The highest BCUT2D eigenvalue weighted by molar-refractivity contribution is 8.00. The monoisotopic (exact) mass is 440 g/mol. The molecule has 2 aromatic rings. The van der Waals surface area contributed by atoms with Gasteiger partial charge in [0.1, 0.15) is 0 Å². The van der Waals surface area contributed by atoms with E-state index in [1.165, 1.54) is 11.8 Å². The third kappa shape index (κ3) is 4.87. The maximum absolute atomic E-state index is 12.7. The summed E-state index contributed by atoms with van der Waals surface area (Å²) < 4.78 is 7.57. The molecule has 31 heavy (non-hydrogen) atoms. The van der Waals surface area contributed by atoms with E-state index in [-0.39, 0.29) is 24.1 Å². The molecule has 4 rings (SSSR count). The number of ketones is 1. The number of ether oxygens (including phenoxy) is 1. The van der Waals surface area contributed by atoms with Gasteiger partial charge in [-0.3, -0.25) is 9.59 Å². The largest absolute Gasteiger partial charge is 0.454 e. The summed E-state index contributed by atoms with van der Waals surface area (Å²) in [5, 5.41) is 0. The van der Waals surface area contributed by atoms with Crippen molar-refractivity contribution in [2.24, 2.45) is 0 Å². The van der Waals surface area contributed by atoms with Crippen molar-refractivity contribution in [3.8, 4) is 0 Å². The molecule has 2 heterocycles. The topological polar surface area (TPSA) is 68.6 Å². The maximum Gasteiger partial charge on any atom is 0.339 e. The fourth-order valence-electron chi connectivity index (χ4n) is 4.20. The van der Waals surface area contributed by atoms with E-state index in [9.17, 15) is 14.4 Å². The number of carbonyl (C=O) groups is 3. The molecular formula is C24H28N2O4S. The molecule has 1 aromatic carbocycles. The minimum atomic E-state index is -0.541.